The van der Waals surface area contributed by atoms with Gasteiger partial charge in [-0.15, -0.1) is 11.3 Å². The molecule has 25 heavy (non-hydrogen) atoms. The van der Waals surface area contributed by atoms with Crippen LogP contribution in [0.25, 0.3) is 10.1 Å². The minimum Gasteiger partial charge on any atom is -0.385 e. The van der Waals surface area contributed by atoms with Crippen LogP contribution >= 0.6 is 11.3 Å². The molecule has 1 aromatic heterocycles. The van der Waals surface area contributed by atoms with Gasteiger partial charge < -0.3 is 5.11 Å². The van der Waals surface area contributed by atoms with Crippen molar-refractivity contribution in [3.63, 3.8) is 0 Å². The molecule has 3 aromatic rings. The Morgan fingerprint density at radius 2 is 1.52 bits per heavy atom. The second-order valence-corrected chi connectivity index (χ2v) is 8.56. The van der Waals surface area contributed by atoms with Crippen LogP contribution in [0.4, 0.5) is 0 Å². The zero-order valence-corrected chi connectivity index (χ0v) is 15.7. The quantitative estimate of drug-likeness (QED) is 0.708. The Morgan fingerprint density at radius 1 is 0.880 bits per heavy atom. The predicted molar refractivity (Wildman–Crippen MR) is 106 cm³/mol. The molecule has 1 aliphatic rings. The Kier molecular flexibility index (Phi) is 4.19. The normalized spacial score (nSPS) is 27.0. The van der Waals surface area contributed by atoms with Gasteiger partial charge in [-0.05, 0) is 62.9 Å². The summed E-state index contributed by atoms with van der Waals surface area (Å²) in [5.41, 5.74) is 0.376. The van der Waals surface area contributed by atoms with Crippen molar-refractivity contribution in [1.82, 2.24) is 4.90 Å². The largest absolute Gasteiger partial charge is 0.385 e. The molecule has 130 valence electrons. The number of hydrogen-bond acceptors (Lipinski definition) is 3. The third kappa shape index (κ3) is 2.80. The summed E-state index contributed by atoms with van der Waals surface area (Å²) in [4.78, 5) is 3.79. The van der Waals surface area contributed by atoms with Crippen molar-refractivity contribution >= 4 is 21.4 Å². The van der Waals surface area contributed by atoms with Gasteiger partial charge in [0.15, 0.2) is 0 Å². The molecule has 4 rings (SSSR count). The molecule has 2 aromatic carbocycles. The van der Waals surface area contributed by atoms with E-state index in [9.17, 15) is 5.11 Å². The van der Waals surface area contributed by atoms with Gasteiger partial charge in [0, 0.05) is 9.58 Å². The van der Waals surface area contributed by atoms with Crippen molar-refractivity contribution in [3.05, 3.63) is 71.1 Å². The maximum absolute atomic E-state index is 11.2. The lowest BCUT2D eigenvalue weighted by Gasteiger charge is -2.47. The molecule has 2 nitrogen and oxygen atoms in total. The zero-order chi connectivity index (χ0) is 17.5. The topological polar surface area (TPSA) is 23.5 Å². The summed E-state index contributed by atoms with van der Waals surface area (Å²) in [6, 6.07) is 21.1. The Hall–Kier alpha value is -1.68. The minimum absolute atomic E-state index is 0.0185. The number of aliphatic hydroxyl groups is 1. The Bertz CT molecular complexity index is 827. The third-order valence-corrected chi connectivity index (χ3v) is 7.27. The lowest BCUT2D eigenvalue weighted by molar-refractivity contribution is -0.0497. The number of fused-ring (bicyclic) bond motifs is 1. The fourth-order valence-electron chi connectivity index (χ4n) is 4.24. The highest BCUT2D eigenvalue weighted by Gasteiger charge is 2.45. The van der Waals surface area contributed by atoms with Crippen LogP contribution in [-0.4, -0.2) is 24.1 Å². The van der Waals surface area contributed by atoms with E-state index in [1.54, 1.807) is 0 Å². The summed E-state index contributed by atoms with van der Waals surface area (Å²) in [5.74, 6) is 0. The third-order valence-electron chi connectivity index (χ3n) is 5.96. The maximum Gasteiger partial charge on any atom is 0.0898 e. The van der Waals surface area contributed by atoms with Crippen LogP contribution in [-0.2, 0) is 11.1 Å². The van der Waals surface area contributed by atoms with Crippen molar-refractivity contribution in [2.24, 2.45) is 0 Å². The first-order valence-corrected chi connectivity index (χ1v) is 9.80. The first-order valence-electron chi connectivity index (χ1n) is 8.98. The van der Waals surface area contributed by atoms with Gasteiger partial charge in [-0.2, -0.15) is 0 Å². The van der Waals surface area contributed by atoms with E-state index in [0.717, 1.165) is 31.2 Å². The molecule has 1 aliphatic carbocycles. The van der Waals surface area contributed by atoms with E-state index in [1.807, 2.05) is 29.5 Å². The van der Waals surface area contributed by atoms with Gasteiger partial charge in [0.25, 0.3) is 0 Å². The van der Waals surface area contributed by atoms with E-state index in [-0.39, 0.29) is 5.54 Å². The summed E-state index contributed by atoms with van der Waals surface area (Å²) in [6.07, 6.45) is 3.53. The first kappa shape index (κ1) is 16.8. The van der Waals surface area contributed by atoms with Crippen molar-refractivity contribution in [3.8, 4) is 0 Å². The molecule has 1 fully saturated rings. The Morgan fingerprint density at radius 3 is 2.16 bits per heavy atom. The lowest BCUT2D eigenvalue weighted by Crippen LogP contribution is -2.47. The second-order valence-electron chi connectivity index (χ2n) is 7.47. The van der Waals surface area contributed by atoms with Crippen LogP contribution in [0.2, 0.25) is 0 Å². The standard InChI is InChI=1S/C22H25NOS/c1-23(2)21(20-16-17-8-6-7-11-19(17)25-20)12-14-22(24,15-13-21)18-9-4-3-5-10-18/h3-11,16,24H,12-15H2,1-2H3. The van der Waals surface area contributed by atoms with Gasteiger partial charge in [-0.1, -0.05) is 48.5 Å². The van der Waals surface area contributed by atoms with Crippen LogP contribution in [0.1, 0.15) is 36.1 Å². The molecule has 0 saturated heterocycles. The summed E-state index contributed by atoms with van der Waals surface area (Å²) < 4.78 is 1.35. The van der Waals surface area contributed by atoms with E-state index in [1.165, 1.54) is 15.0 Å². The summed E-state index contributed by atoms with van der Waals surface area (Å²) >= 11 is 1.90. The highest BCUT2D eigenvalue weighted by molar-refractivity contribution is 7.19. The summed E-state index contributed by atoms with van der Waals surface area (Å²) in [5, 5.41) is 12.6. The molecule has 1 saturated carbocycles. The minimum atomic E-state index is -0.697. The van der Waals surface area contributed by atoms with Crippen LogP contribution in [0.15, 0.2) is 60.7 Å². The van der Waals surface area contributed by atoms with Gasteiger partial charge in [0.1, 0.15) is 0 Å². The van der Waals surface area contributed by atoms with Crippen molar-refractivity contribution < 1.29 is 5.11 Å². The van der Waals surface area contributed by atoms with Crippen LogP contribution in [0, 0.1) is 0 Å². The van der Waals surface area contributed by atoms with E-state index >= 15 is 0 Å². The molecular weight excluding hydrogens is 326 g/mol. The number of benzene rings is 2. The highest BCUT2D eigenvalue weighted by atomic mass is 32.1. The molecule has 0 atom stereocenters. The predicted octanol–water partition coefficient (Wildman–Crippen LogP) is 5.12. The van der Waals surface area contributed by atoms with Crippen molar-refractivity contribution in [2.45, 2.75) is 36.8 Å². The summed E-state index contributed by atoms with van der Waals surface area (Å²) in [7, 11) is 4.36. The van der Waals surface area contributed by atoms with Crippen LogP contribution in [0.3, 0.4) is 0 Å². The molecule has 1 heterocycles. The van der Waals surface area contributed by atoms with Gasteiger partial charge in [0.05, 0.1) is 11.1 Å². The first-order chi connectivity index (χ1) is 12.0. The van der Waals surface area contributed by atoms with Crippen LogP contribution in [0.5, 0.6) is 0 Å². The fraction of sp³-hybridized carbons (Fsp3) is 0.364. The SMILES string of the molecule is CN(C)C1(c2cc3ccccc3s2)CCC(O)(c2ccccc2)CC1. The van der Waals surface area contributed by atoms with E-state index < -0.39 is 5.60 Å². The second kappa shape index (κ2) is 6.24. The Balaban J connectivity index is 1.68. The van der Waals surface area contributed by atoms with Crippen molar-refractivity contribution in [1.29, 1.82) is 0 Å². The molecule has 0 spiro atoms. The Labute approximate surface area is 153 Å². The van der Waals surface area contributed by atoms with Crippen molar-refractivity contribution in [2.75, 3.05) is 14.1 Å². The van der Waals surface area contributed by atoms with Gasteiger partial charge in [0.2, 0.25) is 0 Å². The number of thiophene rings is 1. The fourth-order valence-corrected chi connectivity index (χ4v) is 5.63. The molecule has 0 aliphatic heterocycles. The molecular formula is C22H25NOS. The smallest absolute Gasteiger partial charge is 0.0898 e. The van der Waals surface area contributed by atoms with E-state index in [0.29, 0.717) is 0 Å². The molecule has 0 radical (unpaired) electrons. The average Bonchev–Trinajstić information content (AvgIpc) is 3.07. The van der Waals surface area contributed by atoms with Crippen LogP contribution < -0.4 is 0 Å². The average molecular weight is 352 g/mol. The van der Waals surface area contributed by atoms with E-state index in [4.69, 9.17) is 0 Å². The highest BCUT2D eigenvalue weighted by Crippen LogP contribution is 2.50. The van der Waals surface area contributed by atoms with Gasteiger partial charge in [-0.3, -0.25) is 4.90 Å². The zero-order valence-electron chi connectivity index (χ0n) is 14.9. The molecule has 3 heteroatoms. The summed E-state index contributed by atoms with van der Waals surface area (Å²) in [6.45, 7) is 0. The maximum atomic E-state index is 11.2. The van der Waals surface area contributed by atoms with Gasteiger partial charge >= 0.3 is 0 Å². The molecule has 0 bridgehead atoms. The molecule has 1 N–H and O–H groups in total. The number of rotatable bonds is 3. The lowest BCUT2D eigenvalue weighted by atomic mass is 9.70. The monoisotopic (exact) mass is 351 g/mol. The number of hydrogen-bond donors (Lipinski definition) is 1. The van der Waals surface area contributed by atoms with Gasteiger partial charge in [-0.25, -0.2) is 0 Å². The molecule has 0 unspecified atom stereocenters. The molecule has 0 amide bonds. The van der Waals surface area contributed by atoms with E-state index in [2.05, 4.69) is 61.5 Å². The number of nitrogens with zero attached hydrogens (tertiary/aromatic N) is 1.